The highest BCUT2D eigenvalue weighted by Gasteiger charge is 2.24. The number of hydrogen-bond acceptors (Lipinski definition) is 7. The van der Waals surface area contributed by atoms with Crippen LogP contribution in [0.25, 0.3) is 10.2 Å². The standard InChI is InChI=1S/C23H22N2O5S2/c1-3-29-19-8-5-9-20-21(19)24-23(31-20)25(15-17-7-6-14-30-17)22(26)16-10-12-18(13-11-16)32(27,28)4-2/h5-14H,3-4,15H2,1-2H3. The number of ether oxygens (including phenoxy) is 1. The van der Waals surface area contributed by atoms with Crippen molar-refractivity contribution in [2.45, 2.75) is 25.3 Å². The molecule has 0 spiro atoms. The Hall–Kier alpha value is -3.17. The van der Waals surface area contributed by atoms with E-state index in [4.69, 9.17) is 9.15 Å². The lowest BCUT2D eigenvalue weighted by Crippen LogP contribution is -2.30. The average molecular weight is 471 g/mol. The summed E-state index contributed by atoms with van der Waals surface area (Å²) in [5.41, 5.74) is 1.05. The Labute approximate surface area is 190 Å². The van der Waals surface area contributed by atoms with Crippen molar-refractivity contribution in [3.8, 4) is 5.75 Å². The van der Waals surface area contributed by atoms with Gasteiger partial charge in [0.15, 0.2) is 15.0 Å². The van der Waals surface area contributed by atoms with Crippen molar-refractivity contribution >= 4 is 42.4 Å². The molecule has 0 aliphatic heterocycles. The number of fused-ring (bicyclic) bond motifs is 1. The summed E-state index contributed by atoms with van der Waals surface area (Å²) in [4.78, 5) is 19.9. The molecule has 0 bridgehead atoms. The normalized spacial score (nSPS) is 11.6. The molecule has 0 N–H and O–H groups in total. The average Bonchev–Trinajstić information content (AvgIpc) is 3.47. The molecule has 4 aromatic rings. The van der Waals surface area contributed by atoms with Gasteiger partial charge in [0.2, 0.25) is 0 Å². The predicted octanol–water partition coefficient (Wildman–Crippen LogP) is 4.93. The number of carbonyl (C=O) groups excluding carboxylic acids is 1. The predicted molar refractivity (Wildman–Crippen MR) is 124 cm³/mol. The fourth-order valence-electron chi connectivity index (χ4n) is 3.21. The fourth-order valence-corrected chi connectivity index (χ4v) is 5.08. The van der Waals surface area contributed by atoms with Gasteiger partial charge in [-0.25, -0.2) is 13.4 Å². The van der Waals surface area contributed by atoms with Gasteiger partial charge in [-0.3, -0.25) is 9.69 Å². The zero-order valence-corrected chi connectivity index (χ0v) is 19.3. The summed E-state index contributed by atoms with van der Waals surface area (Å²) < 4.78 is 36.3. The summed E-state index contributed by atoms with van der Waals surface area (Å²) in [6.07, 6.45) is 1.55. The van der Waals surface area contributed by atoms with Crippen LogP contribution >= 0.6 is 11.3 Å². The summed E-state index contributed by atoms with van der Waals surface area (Å²) in [5.74, 6) is 0.956. The van der Waals surface area contributed by atoms with Gasteiger partial charge in [-0.2, -0.15) is 0 Å². The molecule has 4 rings (SSSR count). The third-order valence-corrected chi connectivity index (χ3v) is 7.68. The van der Waals surface area contributed by atoms with E-state index in [9.17, 15) is 13.2 Å². The van der Waals surface area contributed by atoms with E-state index in [2.05, 4.69) is 4.98 Å². The molecule has 2 aromatic carbocycles. The number of thiazole rings is 1. The number of amides is 1. The summed E-state index contributed by atoms with van der Waals surface area (Å²) in [5, 5.41) is 0.499. The highest BCUT2D eigenvalue weighted by atomic mass is 32.2. The minimum absolute atomic E-state index is 0.00121. The van der Waals surface area contributed by atoms with E-state index in [-0.39, 0.29) is 23.1 Å². The van der Waals surface area contributed by atoms with Gasteiger partial charge in [0.25, 0.3) is 5.91 Å². The number of sulfone groups is 1. The Morgan fingerprint density at radius 3 is 2.53 bits per heavy atom. The van der Waals surface area contributed by atoms with Crippen molar-refractivity contribution in [1.82, 2.24) is 4.98 Å². The monoisotopic (exact) mass is 470 g/mol. The Kier molecular flexibility index (Phi) is 6.29. The first-order valence-corrected chi connectivity index (χ1v) is 12.6. The molecule has 2 aromatic heterocycles. The zero-order chi connectivity index (χ0) is 22.7. The van der Waals surface area contributed by atoms with Crippen LogP contribution in [0, 0.1) is 0 Å². The van der Waals surface area contributed by atoms with Gasteiger partial charge in [0.1, 0.15) is 17.0 Å². The maximum absolute atomic E-state index is 13.5. The van der Waals surface area contributed by atoms with Crippen LogP contribution in [0.1, 0.15) is 30.0 Å². The molecule has 0 saturated carbocycles. The number of rotatable bonds is 8. The van der Waals surface area contributed by atoms with Crippen LogP contribution in [-0.4, -0.2) is 31.7 Å². The third kappa shape index (κ3) is 4.39. The minimum atomic E-state index is -3.35. The molecule has 0 aliphatic rings. The van der Waals surface area contributed by atoms with Crippen molar-refractivity contribution in [3.05, 3.63) is 72.2 Å². The van der Waals surface area contributed by atoms with E-state index in [1.807, 2.05) is 25.1 Å². The summed E-state index contributed by atoms with van der Waals surface area (Å²) in [6.45, 7) is 4.18. The van der Waals surface area contributed by atoms with Crippen molar-refractivity contribution in [1.29, 1.82) is 0 Å². The number of nitrogens with zero attached hydrogens (tertiary/aromatic N) is 2. The first-order valence-electron chi connectivity index (χ1n) is 10.1. The van der Waals surface area contributed by atoms with Crippen molar-refractivity contribution in [3.63, 3.8) is 0 Å². The molecule has 0 unspecified atom stereocenters. The second-order valence-electron chi connectivity index (χ2n) is 6.93. The molecule has 0 saturated heterocycles. The number of anilines is 1. The Morgan fingerprint density at radius 1 is 1.09 bits per heavy atom. The maximum atomic E-state index is 13.5. The van der Waals surface area contributed by atoms with E-state index in [1.165, 1.54) is 40.5 Å². The van der Waals surface area contributed by atoms with Crippen molar-refractivity contribution in [2.24, 2.45) is 0 Å². The van der Waals surface area contributed by atoms with Crippen LogP contribution < -0.4 is 9.64 Å². The van der Waals surface area contributed by atoms with Crippen LogP contribution in [0.5, 0.6) is 5.75 Å². The smallest absolute Gasteiger partial charge is 0.260 e. The lowest BCUT2D eigenvalue weighted by molar-refractivity contribution is 0.0983. The highest BCUT2D eigenvalue weighted by Crippen LogP contribution is 2.35. The SMILES string of the molecule is CCOc1cccc2sc(N(Cc3ccco3)C(=O)c3ccc(S(=O)(=O)CC)cc3)nc12. The number of benzene rings is 2. The maximum Gasteiger partial charge on any atom is 0.260 e. The van der Waals surface area contributed by atoms with Gasteiger partial charge in [-0.15, -0.1) is 0 Å². The molecule has 32 heavy (non-hydrogen) atoms. The van der Waals surface area contributed by atoms with E-state index < -0.39 is 9.84 Å². The summed E-state index contributed by atoms with van der Waals surface area (Å²) in [7, 11) is -3.35. The van der Waals surface area contributed by atoms with Crippen LogP contribution in [0.2, 0.25) is 0 Å². The van der Waals surface area contributed by atoms with Gasteiger partial charge in [-0.1, -0.05) is 24.3 Å². The molecule has 0 aliphatic carbocycles. The Balaban J connectivity index is 1.73. The van der Waals surface area contributed by atoms with Crippen LogP contribution in [0.4, 0.5) is 5.13 Å². The summed E-state index contributed by atoms with van der Waals surface area (Å²) >= 11 is 1.38. The van der Waals surface area contributed by atoms with Gasteiger partial charge >= 0.3 is 0 Å². The van der Waals surface area contributed by atoms with E-state index in [0.29, 0.717) is 34.3 Å². The second-order valence-corrected chi connectivity index (χ2v) is 10.2. The van der Waals surface area contributed by atoms with Crippen molar-refractivity contribution < 1.29 is 22.4 Å². The van der Waals surface area contributed by atoms with Gasteiger partial charge in [-0.05, 0) is 55.5 Å². The quantitative estimate of drug-likeness (QED) is 0.363. The number of hydrogen-bond donors (Lipinski definition) is 0. The van der Waals surface area contributed by atoms with Crippen LogP contribution in [-0.2, 0) is 16.4 Å². The topological polar surface area (TPSA) is 89.7 Å². The molecule has 0 radical (unpaired) electrons. The van der Waals surface area contributed by atoms with E-state index in [0.717, 1.165) is 4.70 Å². The second kappa shape index (κ2) is 9.13. The highest BCUT2D eigenvalue weighted by molar-refractivity contribution is 7.91. The number of para-hydroxylation sites is 1. The van der Waals surface area contributed by atoms with Gasteiger partial charge in [0.05, 0.1) is 34.8 Å². The first-order chi connectivity index (χ1) is 15.4. The molecule has 9 heteroatoms. The molecule has 166 valence electrons. The number of carbonyl (C=O) groups is 1. The fraction of sp³-hybridized carbons (Fsp3) is 0.217. The molecule has 7 nitrogen and oxygen atoms in total. The molecule has 2 heterocycles. The van der Waals surface area contributed by atoms with Gasteiger partial charge in [0, 0.05) is 5.56 Å². The number of aromatic nitrogens is 1. The Morgan fingerprint density at radius 2 is 1.88 bits per heavy atom. The van der Waals surface area contributed by atoms with Gasteiger partial charge < -0.3 is 9.15 Å². The molecule has 0 fully saturated rings. The van der Waals surface area contributed by atoms with E-state index in [1.54, 1.807) is 25.3 Å². The third-order valence-electron chi connectivity index (χ3n) is 4.88. The van der Waals surface area contributed by atoms with Crippen LogP contribution in [0.3, 0.4) is 0 Å². The molecule has 0 atom stereocenters. The minimum Gasteiger partial charge on any atom is -0.492 e. The zero-order valence-electron chi connectivity index (χ0n) is 17.6. The largest absolute Gasteiger partial charge is 0.492 e. The Bertz CT molecular complexity index is 1330. The lowest BCUT2D eigenvalue weighted by Gasteiger charge is -2.19. The number of furan rings is 1. The molecule has 1 amide bonds. The summed E-state index contributed by atoms with van der Waals surface area (Å²) in [6, 6.07) is 15.2. The first kappa shape index (κ1) is 22.0. The molecular formula is C23H22N2O5S2. The van der Waals surface area contributed by atoms with E-state index >= 15 is 0 Å². The van der Waals surface area contributed by atoms with Crippen molar-refractivity contribution in [2.75, 3.05) is 17.3 Å². The lowest BCUT2D eigenvalue weighted by atomic mass is 10.2. The molecular weight excluding hydrogens is 448 g/mol. The van der Waals surface area contributed by atoms with Crippen LogP contribution in [0.15, 0.2) is 70.2 Å².